The average molecular weight is 482 g/mol. The van der Waals surface area contributed by atoms with Gasteiger partial charge < -0.3 is 29.4 Å². The topological polar surface area (TPSA) is 75.8 Å². The number of thiocarbonyl (C=S) groups is 1. The smallest absolute Gasteiger partial charge is 0.253 e. The van der Waals surface area contributed by atoms with Crippen LogP contribution in [0.15, 0.2) is 53.3 Å². The predicted octanol–water partition coefficient (Wildman–Crippen LogP) is 4.70. The maximum atomic E-state index is 12.9. The molecule has 4 rings (SSSR count). The first-order valence-corrected chi connectivity index (χ1v) is 12.2. The zero-order valence-electron chi connectivity index (χ0n) is 19.6. The number of benzene rings is 2. The number of fused-ring (bicyclic) bond motifs is 1. The maximum Gasteiger partial charge on any atom is 0.253 e. The number of H-pyrrole nitrogens is 1. The molecule has 1 aromatic heterocycles. The van der Waals surface area contributed by atoms with E-state index in [9.17, 15) is 4.79 Å². The summed E-state index contributed by atoms with van der Waals surface area (Å²) in [7, 11) is 0. The van der Waals surface area contributed by atoms with Crippen LogP contribution in [0.25, 0.3) is 10.9 Å². The van der Waals surface area contributed by atoms with E-state index in [0.717, 1.165) is 47.5 Å². The molecule has 0 aliphatic carbocycles. The molecule has 0 bridgehead atoms. The Morgan fingerprint density at radius 1 is 1.12 bits per heavy atom. The first kappa shape index (κ1) is 24.0. The van der Waals surface area contributed by atoms with Crippen LogP contribution in [0.4, 0.5) is 5.69 Å². The van der Waals surface area contributed by atoms with E-state index in [1.807, 2.05) is 67.3 Å². The summed E-state index contributed by atoms with van der Waals surface area (Å²) in [5, 5.41) is 4.77. The number of anilines is 1. The van der Waals surface area contributed by atoms with Crippen LogP contribution >= 0.6 is 12.2 Å². The average Bonchev–Trinajstić information content (AvgIpc) is 3.34. The SMILES string of the molecule is CCOc1ccc(NC(=S)N(Cc2cc3cc(OCC)ccc3[nH]c2=O)C[C@@H]2CCCO2)cc1. The van der Waals surface area contributed by atoms with Gasteiger partial charge in [-0.1, -0.05) is 0 Å². The fourth-order valence-corrected chi connectivity index (χ4v) is 4.32. The van der Waals surface area contributed by atoms with Crippen molar-refractivity contribution in [2.24, 2.45) is 0 Å². The Morgan fingerprint density at radius 2 is 1.85 bits per heavy atom. The summed E-state index contributed by atoms with van der Waals surface area (Å²) in [5.74, 6) is 1.58. The molecule has 1 aliphatic heterocycles. The number of aromatic amines is 1. The lowest BCUT2D eigenvalue weighted by Gasteiger charge is -2.28. The summed E-state index contributed by atoms with van der Waals surface area (Å²) in [4.78, 5) is 17.9. The van der Waals surface area contributed by atoms with Crippen LogP contribution in [0.1, 0.15) is 32.3 Å². The summed E-state index contributed by atoms with van der Waals surface area (Å²) in [6.07, 6.45) is 2.10. The number of aromatic nitrogens is 1. The van der Waals surface area contributed by atoms with E-state index in [4.69, 9.17) is 26.4 Å². The number of hydrogen-bond acceptors (Lipinski definition) is 5. The van der Waals surface area contributed by atoms with Crippen LogP contribution in [0.3, 0.4) is 0 Å². The van der Waals surface area contributed by atoms with E-state index < -0.39 is 0 Å². The number of ether oxygens (including phenoxy) is 3. The number of rotatable bonds is 9. The molecule has 0 radical (unpaired) electrons. The van der Waals surface area contributed by atoms with Gasteiger partial charge in [-0.2, -0.15) is 0 Å². The summed E-state index contributed by atoms with van der Waals surface area (Å²) >= 11 is 5.77. The fraction of sp³-hybridized carbons (Fsp3) is 0.385. The van der Waals surface area contributed by atoms with Crippen molar-refractivity contribution in [3.63, 3.8) is 0 Å². The second kappa shape index (κ2) is 11.4. The minimum Gasteiger partial charge on any atom is -0.494 e. The van der Waals surface area contributed by atoms with E-state index in [2.05, 4.69) is 10.3 Å². The van der Waals surface area contributed by atoms with Gasteiger partial charge in [-0.15, -0.1) is 0 Å². The third-order valence-corrected chi connectivity index (χ3v) is 6.08. The second-order valence-corrected chi connectivity index (χ2v) is 8.60. The Balaban J connectivity index is 1.56. The van der Waals surface area contributed by atoms with E-state index in [-0.39, 0.29) is 11.7 Å². The number of nitrogens with zero attached hydrogens (tertiary/aromatic N) is 1. The highest BCUT2D eigenvalue weighted by atomic mass is 32.1. The minimum absolute atomic E-state index is 0.0872. The largest absolute Gasteiger partial charge is 0.494 e. The molecule has 1 aliphatic rings. The summed E-state index contributed by atoms with van der Waals surface area (Å²) < 4.78 is 17.0. The fourth-order valence-electron chi connectivity index (χ4n) is 4.07. The van der Waals surface area contributed by atoms with Gasteiger partial charge in [0.15, 0.2) is 5.11 Å². The van der Waals surface area contributed by atoms with Gasteiger partial charge in [-0.3, -0.25) is 4.79 Å². The highest BCUT2D eigenvalue weighted by molar-refractivity contribution is 7.80. The van der Waals surface area contributed by atoms with Crippen LogP contribution in [-0.2, 0) is 11.3 Å². The van der Waals surface area contributed by atoms with Crippen molar-refractivity contribution in [1.29, 1.82) is 0 Å². The third kappa shape index (κ3) is 6.07. The summed E-state index contributed by atoms with van der Waals surface area (Å²) in [5.41, 5.74) is 2.14. The molecule has 0 saturated carbocycles. The van der Waals surface area contributed by atoms with Crippen molar-refractivity contribution in [1.82, 2.24) is 9.88 Å². The van der Waals surface area contributed by atoms with Crippen molar-refractivity contribution in [3.8, 4) is 11.5 Å². The van der Waals surface area contributed by atoms with E-state index in [1.54, 1.807) is 0 Å². The van der Waals surface area contributed by atoms with Gasteiger partial charge in [0.1, 0.15) is 11.5 Å². The zero-order valence-corrected chi connectivity index (χ0v) is 20.5. The molecule has 8 heteroatoms. The summed E-state index contributed by atoms with van der Waals surface area (Å²) in [6.45, 7) is 6.84. The van der Waals surface area contributed by atoms with Crippen LogP contribution in [-0.4, -0.2) is 47.5 Å². The Hall–Kier alpha value is -3.10. The molecule has 7 nitrogen and oxygen atoms in total. The molecule has 1 fully saturated rings. The van der Waals surface area contributed by atoms with Gasteiger partial charge >= 0.3 is 0 Å². The number of pyridine rings is 1. The molecular formula is C26H31N3O4S. The molecule has 3 aromatic rings. The number of hydrogen-bond donors (Lipinski definition) is 2. The quantitative estimate of drug-likeness (QED) is 0.429. The Kier molecular flexibility index (Phi) is 8.03. The van der Waals surface area contributed by atoms with Gasteiger partial charge in [0, 0.05) is 35.3 Å². The molecule has 2 N–H and O–H groups in total. The highest BCUT2D eigenvalue weighted by Gasteiger charge is 2.22. The maximum absolute atomic E-state index is 12.9. The molecule has 0 unspecified atom stereocenters. The van der Waals surface area contributed by atoms with Crippen molar-refractivity contribution >= 4 is 33.9 Å². The van der Waals surface area contributed by atoms with Crippen LogP contribution in [0, 0.1) is 0 Å². The first-order valence-electron chi connectivity index (χ1n) is 11.7. The Morgan fingerprint density at radius 3 is 2.56 bits per heavy atom. The molecule has 1 saturated heterocycles. The van der Waals surface area contributed by atoms with Gasteiger partial charge in [0.2, 0.25) is 0 Å². The lowest BCUT2D eigenvalue weighted by molar-refractivity contribution is 0.0904. The standard InChI is InChI=1S/C26H31N3O4S/c1-3-31-21-9-7-20(8-10-21)27-26(34)29(17-23-6-5-13-33-23)16-19-14-18-15-22(32-4-2)11-12-24(18)28-25(19)30/h7-12,14-15,23H,3-6,13,16-17H2,1-2H3,(H,27,34)(H,28,30)/t23-/m0/s1. The summed E-state index contributed by atoms with van der Waals surface area (Å²) in [6, 6.07) is 15.3. The lowest BCUT2D eigenvalue weighted by atomic mass is 10.1. The molecule has 0 spiro atoms. The first-order chi connectivity index (χ1) is 16.6. The second-order valence-electron chi connectivity index (χ2n) is 8.21. The van der Waals surface area contributed by atoms with Crippen LogP contribution in [0.2, 0.25) is 0 Å². The zero-order chi connectivity index (χ0) is 23.9. The van der Waals surface area contributed by atoms with Crippen LogP contribution < -0.4 is 20.3 Å². The van der Waals surface area contributed by atoms with Crippen molar-refractivity contribution < 1.29 is 14.2 Å². The van der Waals surface area contributed by atoms with Crippen molar-refractivity contribution in [2.75, 3.05) is 31.7 Å². The molecule has 34 heavy (non-hydrogen) atoms. The molecule has 1 atom stereocenters. The van der Waals surface area contributed by atoms with Crippen LogP contribution in [0.5, 0.6) is 11.5 Å². The monoisotopic (exact) mass is 481 g/mol. The Labute approximate surface area is 205 Å². The molecule has 180 valence electrons. The van der Waals surface area contributed by atoms with E-state index in [0.29, 0.717) is 37.0 Å². The van der Waals surface area contributed by atoms with Crippen molar-refractivity contribution in [2.45, 2.75) is 39.3 Å². The molecular weight excluding hydrogens is 450 g/mol. The number of nitrogens with one attached hydrogen (secondary N) is 2. The molecule has 0 amide bonds. The Bertz CT molecular complexity index is 1170. The van der Waals surface area contributed by atoms with Crippen molar-refractivity contribution in [3.05, 3.63) is 64.4 Å². The van der Waals surface area contributed by atoms with Gasteiger partial charge in [-0.05, 0) is 87.4 Å². The minimum atomic E-state index is -0.127. The van der Waals surface area contributed by atoms with Gasteiger partial charge in [0.05, 0.1) is 25.9 Å². The highest BCUT2D eigenvalue weighted by Crippen LogP contribution is 2.21. The molecule has 2 heterocycles. The third-order valence-electron chi connectivity index (χ3n) is 5.72. The van der Waals surface area contributed by atoms with Gasteiger partial charge in [0.25, 0.3) is 5.56 Å². The lowest BCUT2D eigenvalue weighted by Crippen LogP contribution is -2.40. The molecule has 2 aromatic carbocycles. The predicted molar refractivity (Wildman–Crippen MR) is 139 cm³/mol. The normalized spacial score (nSPS) is 15.3. The van der Waals surface area contributed by atoms with E-state index in [1.165, 1.54) is 0 Å². The van der Waals surface area contributed by atoms with E-state index >= 15 is 0 Å². The van der Waals surface area contributed by atoms with Gasteiger partial charge in [-0.25, -0.2) is 0 Å².